The molecule has 0 aromatic heterocycles. The molecule has 1 fully saturated rings. The lowest BCUT2D eigenvalue weighted by molar-refractivity contribution is -0.132. The summed E-state index contributed by atoms with van der Waals surface area (Å²) < 4.78 is 0. The van der Waals surface area contributed by atoms with Gasteiger partial charge in [-0.3, -0.25) is 4.79 Å². The van der Waals surface area contributed by atoms with E-state index in [1.165, 1.54) is 38.5 Å². The van der Waals surface area contributed by atoms with Gasteiger partial charge in [0.2, 0.25) is 5.91 Å². The molecule has 5 heteroatoms. The number of hydrogen-bond acceptors (Lipinski definition) is 2. The molecule has 0 radical (unpaired) electrons. The van der Waals surface area contributed by atoms with Gasteiger partial charge in [0.05, 0.1) is 0 Å². The minimum Gasteiger partial charge on any atom is -0.340 e. The van der Waals surface area contributed by atoms with Gasteiger partial charge in [0.25, 0.3) is 0 Å². The Hall–Kier alpha value is 0.390. The van der Waals surface area contributed by atoms with E-state index in [2.05, 4.69) is 43.8 Å². The number of carbonyl (C=O) groups is 1. The van der Waals surface area contributed by atoms with Crippen LogP contribution in [0.4, 0.5) is 0 Å². The summed E-state index contributed by atoms with van der Waals surface area (Å²) in [6.07, 6.45) is 9.48. The maximum absolute atomic E-state index is 12.0. The van der Waals surface area contributed by atoms with Gasteiger partial charge in [0, 0.05) is 42.8 Å². The average Bonchev–Trinajstić information content (AvgIpc) is 2.50. The third-order valence-electron chi connectivity index (χ3n) is 4.18. The van der Waals surface area contributed by atoms with Crippen molar-refractivity contribution in [2.45, 2.75) is 56.2 Å². The van der Waals surface area contributed by atoms with Crippen molar-refractivity contribution in [1.82, 2.24) is 9.80 Å². The zero-order valence-corrected chi connectivity index (χ0v) is 16.5. The predicted molar refractivity (Wildman–Crippen MR) is 97.5 cm³/mol. The number of likely N-dealkylation sites (N-methyl/N-ethyl adjacent to an activating group) is 1. The van der Waals surface area contributed by atoms with E-state index in [1.807, 2.05) is 4.90 Å². The molecular formula is C16H30Br2N2O. The van der Waals surface area contributed by atoms with Crippen LogP contribution in [0.3, 0.4) is 0 Å². The van der Waals surface area contributed by atoms with Crippen LogP contribution in [0.5, 0.6) is 0 Å². The Bertz CT molecular complexity index is 281. The highest BCUT2D eigenvalue weighted by Crippen LogP contribution is 2.15. The first-order valence-electron chi connectivity index (χ1n) is 8.30. The molecule has 1 aliphatic heterocycles. The van der Waals surface area contributed by atoms with Crippen LogP contribution in [0.2, 0.25) is 0 Å². The van der Waals surface area contributed by atoms with Gasteiger partial charge >= 0.3 is 0 Å². The van der Waals surface area contributed by atoms with Crippen LogP contribution in [-0.4, -0.2) is 59.1 Å². The van der Waals surface area contributed by atoms with E-state index in [4.69, 9.17) is 0 Å². The first-order valence-corrected chi connectivity index (χ1v) is 10.3. The zero-order valence-electron chi connectivity index (χ0n) is 13.3. The lowest BCUT2D eigenvalue weighted by atomic mass is 10.1. The van der Waals surface area contributed by atoms with Gasteiger partial charge in [0.15, 0.2) is 0 Å². The van der Waals surface area contributed by atoms with E-state index in [0.29, 0.717) is 10.7 Å². The van der Waals surface area contributed by atoms with Gasteiger partial charge in [0.1, 0.15) is 0 Å². The highest BCUT2D eigenvalue weighted by Gasteiger charge is 2.18. The fourth-order valence-corrected chi connectivity index (χ4v) is 3.29. The number of halogens is 2. The van der Waals surface area contributed by atoms with Gasteiger partial charge in [-0.1, -0.05) is 64.0 Å². The molecule has 0 aliphatic carbocycles. The van der Waals surface area contributed by atoms with E-state index in [0.717, 1.165) is 44.4 Å². The largest absolute Gasteiger partial charge is 0.340 e. The third kappa shape index (κ3) is 9.19. The van der Waals surface area contributed by atoms with Crippen molar-refractivity contribution in [3.8, 4) is 0 Å². The molecule has 1 aliphatic rings. The molecule has 0 aromatic rings. The van der Waals surface area contributed by atoms with Crippen molar-refractivity contribution in [2.24, 2.45) is 0 Å². The predicted octanol–water partition coefficient (Wildman–Crippen LogP) is 4.04. The molecule has 1 rings (SSSR count). The topological polar surface area (TPSA) is 23.6 Å². The van der Waals surface area contributed by atoms with Crippen LogP contribution in [0, 0.1) is 0 Å². The molecule has 0 bridgehead atoms. The Balaban J connectivity index is 1.91. The molecule has 3 nitrogen and oxygen atoms in total. The summed E-state index contributed by atoms with van der Waals surface area (Å²) in [4.78, 5) is 17.0. The minimum atomic E-state index is 0.363. The van der Waals surface area contributed by atoms with Gasteiger partial charge in [-0.2, -0.15) is 0 Å². The van der Waals surface area contributed by atoms with Gasteiger partial charge in [-0.25, -0.2) is 0 Å². The number of unbranched alkanes of at least 4 members (excludes halogenated alkanes) is 5. The monoisotopic (exact) mass is 424 g/mol. The molecule has 124 valence electrons. The number of carbonyl (C=O) groups excluding carboxylic acids is 1. The minimum absolute atomic E-state index is 0.363. The number of amides is 1. The summed E-state index contributed by atoms with van der Waals surface area (Å²) in [5.41, 5.74) is 0. The van der Waals surface area contributed by atoms with Gasteiger partial charge in [-0.05, 0) is 19.9 Å². The lowest BCUT2D eigenvalue weighted by Crippen LogP contribution is -2.47. The van der Waals surface area contributed by atoms with Crippen LogP contribution in [0.25, 0.3) is 0 Å². The lowest BCUT2D eigenvalue weighted by Gasteiger charge is -2.32. The summed E-state index contributed by atoms with van der Waals surface area (Å²) in [6.45, 7) is 3.87. The van der Waals surface area contributed by atoms with Crippen LogP contribution >= 0.6 is 31.9 Å². The Morgan fingerprint density at radius 1 is 1.00 bits per heavy atom. The van der Waals surface area contributed by atoms with Crippen molar-refractivity contribution < 1.29 is 4.79 Å². The van der Waals surface area contributed by atoms with E-state index < -0.39 is 0 Å². The average molecular weight is 426 g/mol. The highest BCUT2D eigenvalue weighted by molar-refractivity contribution is 9.12. The SMILES string of the molecule is CN1CCN(C(=O)CCCCCCCCC(Br)CBr)CC1. The molecule has 1 saturated heterocycles. The fraction of sp³-hybridized carbons (Fsp3) is 0.938. The summed E-state index contributed by atoms with van der Waals surface area (Å²) in [5, 5.41) is 1.04. The van der Waals surface area contributed by atoms with Crippen molar-refractivity contribution in [1.29, 1.82) is 0 Å². The van der Waals surface area contributed by atoms with E-state index in [1.54, 1.807) is 0 Å². The van der Waals surface area contributed by atoms with Crippen LogP contribution in [-0.2, 0) is 4.79 Å². The second kappa shape index (κ2) is 11.9. The smallest absolute Gasteiger partial charge is 0.222 e. The molecule has 0 N–H and O–H groups in total. The molecule has 1 atom stereocenters. The number of nitrogens with zero attached hydrogens (tertiary/aromatic N) is 2. The molecule has 0 spiro atoms. The Labute approximate surface area is 147 Å². The molecular weight excluding hydrogens is 396 g/mol. The van der Waals surface area contributed by atoms with Crippen LogP contribution in [0.1, 0.15) is 51.4 Å². The quantitative estimate of drug-likeness (QED) is 0.389. The fourth-order valence-electron chi connectivity index (χ4n) is 2.64. The first-order chi connectivity index (χ1) is 10.1. The number of hydrogen-bond donors (Lipinski definition) is 0. The molecule has 1 unspecified atom stereocenters. The summed E-state index contributed by atoms with van der Waals surface area (Å²) in [5.74, 6) is 0.363. The van der Waals surface area contributed by atoms with Gasteiger partial charge in [-0.15, -0.1) is 0 Å². The number of rotatable bonds is 10. The maximum Gasteiger partial charge on any atom is 0.222 e. The van der Waals surface area contributed by atoms with E-state index >= 15 is 0 Å². The Morgan fingerprint density at radius 2 is 1.57 bits per heavy atom. The Morgan fingerprint density at radius 3 is 2.19 bits per heavy atom. The van der Waals surface area contributed by atoms with Crippen molar-refractivity contribution in [3.05, 3.63) is 0 Å². The third-order valence-corrected chi connectivity index (χ3v) is 6.61. The summed E-state index contributed by atoms with van der Waals surface area (Å²) in [7, 11) is 2.12. The molecule has 0 aromatic carbocycles. The van der Waals surface area contributed by atoms with E-state index in [-0.39, 0.29) is 0 Å². The summed E-state index contributed by atoms with van der Waals surface area (Å²) in [6, 6.07) is 0. The highest BCUT2D eigenvalue weighted by atomic mass is 79.9. The second-order valence-corrected chi connectivity index (χ2v) is 8.04. The molecule has 1 heterocycles. The first kappa shape index (κ1) is 19.4. The number of piperazine rings is 1. The summed E-state index contributed by atoms with van der Waals surface area (Å²) >= 11 is 7.12. The van der Waals surface area contributed by atoms with E-state index in [9.17, 15) is 4.79 Å². The Kier molecular flexibility index (Phi) is 11.0. The molecule has 1 amide bonds. The number of alkyl halides is 2. The van der Waals surface area contributed by atoms with Crippen LogP contribution in [0.15, 0.2) is 0 Å². The van der Waals surface area contributed by atoms with Crippen LogP contribution < -0.4 is 0 Å². The zero-order chi connectivity index (χ0) is 15.5. The van der Waals surface area contributed by atoms with Crippen molar-refractivity contribution in [3.63, 3.8) is 0 Å². The van der Waals surface area contributed by atoms with Gasteiger partial charge < -0.3 is 9.80 Å². The van der Waals surface area contributed by atoms with Crippen molar-refractivity contribution >= 4 is 37.8 Å². The standard InChI is InChI=1S/C16H30Br2N2O/c1-19-10-12-20(13-11-19)16(21)9-7-5-3-2-4-6-8-15(18)14-17/h15H,2-14H2,1H3. The molecule has 21 heavy (non-hydrogen) atoms. The molecule has 0 saturated carbocycles. The maximum atomic E-state index is 12.0. The van der Waals surface area contributed by atoms with Crippen molar-refractivity contribution in [2.75, 3.05) is 38.6 Å². The normalized spacial score (nSPS) is 18.0. The second-order valence-electron chi connectivity index (χ2n) is 6.10.